The van der Waals surface area contributed by atoms with Gasteiger partial charge in [0.1, 0.15) is 0 Å². The maximum Gasteiger partial charge on any atom is 0.254 e. The number of hydrogen-bond donors (Lipinski definition) is 2. The van der Waals surface area contributed by atoms with E-state index in [4.69, 9.17) is 0 Å². The molecule has 0 fully saturated rings. The second kappa shape index (κ2) is 7.54. The Hall–Kier alpha value is -2.43. The maximum absolute atomic E-state index is 11.9. The van der Waals surface area contributed by atoms with Crippen LogP contribution in [0.25, 0.3) is 0 Å². The first-order chi connectivity index (χ1) is 10.6. The summed E-state index contributed by atoms with van der Waals surface area (Å²) in [6.07, 6.45) is 3.09. The van der Waals surface area contributed by atoms with Crippen molar-refractivity contribution >= 4 is 11.9 Å². The Kier molecular flexibility index (Phi) is 5.47. The molecule has 0 radical (unpaired) electrons. The van der Waals surface area contributed by atoms with Gasteiger partial charge in [-0.05, 0) is 18.4 Å². The van der Waals surface area contributed by atoms with Crippen LogP contribution in [0.5, 0.6) is 0 Å². The second-order valence-corrected chi connectivity index (χ2v) is 5.68. The lowest BCUT2D eigenvalue weighted by Crippen LogP contribution is -2.27. The van der Waals surface area contributed by atoms with Crippen molar-refractivity contribution in [2.75, 3.05) is 11.9 Å². The van der Waals surface area contributed by atoms with E-state index in [-0.39, 0.29) is 11.9 Å². The summed E-state index contributed by atoms with van der Waals surface area (Å²) in [4.78, 5) is 20.3. The van der Waals surface area contributed by atoms with Gasteiger partial charge in [0.05, 0.1) is 11.6 Å². The Bertz CT molecular complexity index is 596. The maximum atomic E-state index is 11.9. The first-order valence-electron chi connectivity index (χ1n) is 7.48. The number of amides is 1. The molecule has 0 saturated carbocycles. The minimum Gasteiger partial charge on any atom is -0.352 e. The Morgan fingerprint density at radius 1 is 1.09 bits per heavy atom. The third kappa shape index (κ3) is 4.55. The fourth-order valence-electron chi connectivity index (χ4n) is 1.94. The van der Waals surface area contributed by atoms with Gasteiger partial charge in [-0.25, -0.2) is 9.97 Å². The molecule has 0 bridgehead atoms. The largest absolute Gasteiger partial charge is 0.352 e. The highest BCUT2D eigenvalue weighted by molar-refractivity contribution is 5.93. The fraction of sp³-hybridized carbons (Fsp3) is 0.353. The van der Waals surface area contributed by atoms with E-state index in [1.807, 2.05) is 37.3 Å². The number of carbonyl (C=O) groups excluding carboxylic acids is 1. The standard InChI is InChI=1S/C17H22N4O/c1-12(2)9-18-16(22)15-10-19-17(20-11-15)21-13(3)14-7-5-4-6-8-14/h4-8,10-13H,9H2,1-3H3,(H,18,22)(H,19,20,21). The van der Waals surface area contributed by atoms with Gasteiger partial charge in [-0.15, -0.1) is 0 Å². The molecule has 5 heteroatoms. The molecule has 0 spiro atoms. The van der Waals surface area contributed by atoms with Crippen LogP contribution in [-0.4, -0.2) is 22.4 Å². The van der Waals surface area contributed by atoms with Gasteiger partial charge < -0.3 is 10.6 Å². The quantitative estimate of drug-likeness (QED) is 0.860. The molecule has 0 aliphatic rings. The molecule has 0 aliphatic carbocycles. The number of rotatable bonds is 6. The van der Waals surface area contributed by atoms with Crippen LogP contribution in [0.15, 0.2) is 42.7 Å². The van der Waals surface area contributed by atoms with Gasteiger partial charge in [0.25, 0.3) is 5.91 Å². The highest BCUT2D eigenvalue weighted by Gasteiger charge is 2.09. The SMILES string of the molecule is CC(C)CNC(=O)c1cnc(NC(C)c2ccccc2)nc1. The van der Waals surface area contributed by atoms with Crippen LogP contribution in [0.4, 0.5) is 5.95 Å². The zero-order valence-electron chi connectivity index (χ0n) is 13.2. The molecule has 2 N–H and O–H groups in total. The highest BCUT2D eigenvalue weighted by atomic mass is 16.1. The van der Waals surface area contributed by atoms with E-state index < -0.39 is 0 Å². The third-order valence-electron chi connectivity index (χ3n) is 3.23. The number of benzene rings is 1. The molecule has 2 rings (SSSR count). The number of nitrogens with one attached hydrogen (secondary N) is 2. The van der Waals surface area contributed by atoms with Crippen molar-refractivity contribution in [1.29, 1.82) is 0 Å². The molecule has 0 aliphatic heterocycles. The number of nitrogens with zero attached hydrogens (tertiary/aromatic N) is 2. The van der Waals surface area contributed by atoms with E-state index in [1.165, 1.54) is 0 Å². The van der Waals surface area contributed by atoms with Crippen LogP contribution in [-0.2, 0) is 0 Å². The van der Waals surface area contributed by atoms with Crippen LogP contribution in [0, 0.1) is 5.92 Å². The first-order valence-corrected chi connectivity index (χ1v) is 7.48. The van der Waals surface area contributed by atoms with E-state index in [0.717, 1.165) is 5.56 Å². The number of hydrogen-bond acceptors (Lipinski definition) is 4. The lowest BCUT2D eigenvalue weighted by atomic mass is 10.1. The second-order valence-electron chi connectivity index (χ2n) is 5.68. The van der Waals surface area contributed by atoms with Gasteiger partial charge in [0.2, 0.25) is 5.95 Å². The number of aromatic nitrogens is 2. The monoisotopic (exact) mass is 298 g/mol. The molecule has 1 amide bonds. The molecule has 22 heavy (non-hydrogen) atoms. The fourth-order valence-corrected chi connectivity index (χ4v) is 1.94. The molecule has 1 heterocycles. The number of carbonyl (C=O) groups is 1. The molecule has 1 atom stereocenters. The van der Waals surface area contributed by atoms with Crippen LogP contribution < -0.4 is 10.6 Å². The van der Waals surface area contributed by atoms with Crippen LogP contribution in [0.2, 0.25) is 0 Å². The minimum absolute atomic E-state index is 0.0989. The number of anilines is 1. The van der Waals surface area contributed by atoms with Crippen molar-refractivity contribution in [3.05, 3.63) is 53.9 Å². The summed E-state index contributed by atoms with van der Waals surface area (Å²) >= 11 is 0. The Balaban J connectivity index is 1.96. The summed E-state index contributed by atoms with van der Waals surface area (Å²) in [6.45, 7) is 6.79. The van der Waals surface area contributed by atoms with E-state index in [9.17, 15) is 4.79 Å². The van der Waals surface area contributed by atoms with E-state index in [2.05, 4.69) is 34.4 Å². The van der Waals surface area contributed by atoms with E-state index in [1.54, 1.807) is 12.4 Å². The van der Waals surface area contributed by atoms with Crippen molar-refractivity contribution in [2.24, 2.45) is 5.92 Å². The summed E-state index contributed by atoms with van der Waals surface area (Å²) in [5, 5.41) is 6.07. The summed E-state index contributed by atoms with van der Waals surface area (Å²) < 4.78 is 0. The Morgan fingerprint density at radius 3 is 2.32 bits per heavy atom. The van der Waals surface area contributed by atoms with Gasteiger partial charge >= 0.3 is 0 Å². The van der Waals surface area contributed by atoms with Gasteiger partial charge in [-0.3, -0.25) is 4.79 Å². The summed E-state index contributed by atoms with van der Waals surface area (Å²) in [7, 11) is 0. The first kappa shape index (κ1) is 15.9. The van der Waals surface area contributed by atoms with Gasteiger partial charge in [-0.2, -0.15) is 0 Å². The molecular weight excluding hydrogens is 276 g/mol. The van der Waals surface area contributed by atoms with Crippen LogP contribution in [0.3, 0.4) is 0 Å². The van der Waals surface area contributed by atoms with E-state index >= 15 is 0 Å². The summed E-state index contributed by atoms with van der Waals surface area (Å²) in [5.41, 5.74) is 1.63. The summed E-state index contributed by atoms with van der Waals surface area (Å²) in [5.74, 6) is 0.783. The zero-order chi connectivity index (χ0) is 15.9. The lowest BCUT2D eigenvalue weighted by molar-refractivity contribution is 0.0948. The van der Waals surface area contributed by atoms with Crippen molar-refractivity contribution in [3.63, 3.8) is 0 Å². The Morgan fingerprint density at radius 2 is 1.73 bits per heavy atom. The molecule has 1 aromatic carbocycles. The average Bonchev–Trinajstić information content (AvgIpc) is 2.54. The molecular formula is C17H22N4O. The summed E-state index contributed by atoms with van der Waals surface area (Å²) in [6, 6.07) is 10.2. The van der Waals surface area contributed by atoms with Gasteiger partial charge in [0.15, 0.2) is 0 Å². The predicted octanol–water partition coefficient (Wildman–Crippen LogP) is 3.04. The zero-order valence-corrected chi connectivity index (χ0v) is 13.2. The van der Waals surface area contributed by atoms with E-state index in [0.29, 0.717) is 24.0 Å². The van der Waals surface area contributed by atoms with Gasteiger partial charge in [-0.1, -0.05) is 44.2 Å². The molecule has 5 nitrogen and oxygen atoms in total. The van der Waals surface area contributed by atoms with Crippen LogP contribution in [0.1, 0.15) is 42.7 Å². The highest BCUT2D eigenvalue weighted by Crippen LogP contribution is 2.15. The van der Waals surface area contributed by atoms with Crippen molar-refractivity contribution in [2.45, 2.75) is 26.8 Å². The minimum atomic E-state index is -0.142. The predicted molar refractivity (Wildman–Crippen MR) is 87.7 cm³/mol. The molecule has 2 aromatic rings. The molecule has 0 saturated heterocycles. The normalized spacial score (nSPS) is 12.0. The average molecular weight is 298 g/mol. The van der Waals surface area contributed by atoms with Crippen molar-refractivity contribution in [1.82, 2.24) is 15.3 Å². The molecule has 116 valence electrons. The van der Waals surface area contributed by atoms with Crippen molar-refractivity contribution < 1.29 is 4.79 Å². The topological polar surface area (TPSA) is 66.9 Å². The molecule has 1 aromatic heterocycles. The van der Waals surface area contributed by atoms with Crippen LogP contribution >= 0.6 is 0 Å². The molecule has 1 unspecified atom stereocenters. The van der Waals surface area contributed by atoms with Crippen molar-refractivity contribution in [3.8, 4) is 0 Å². The lowest BCUT2D eigenvalue weighted by Gasteiger charge is -2.14. The third-order valence-corrected chi connectivity index (χ3v) is 3.23. The van der Waals surface area contributed by atoms with Gasteiger partial charge in [0, 0.05) is 18.9 Å². The smallest absolute Gasteiger partial charge is 0.254 e. The Labute approximate surface area is 131 Å².